The summed E-state index contributed by atoms with van der Waals surface area (Å²) in [6.45, 7) is 3.06. The van der Waals surface area contributed by atoms with Crippen LogP contribution in [-0.4, -0.2) is 19.9 Å². The minimum atomic E-state index is -0.00354. The highest BCUT2D eigenvalue weighted by molar-refractivity contribution is 4.95. The van der Waals surface area contributed by atoms with Gasteiger partial charge in [0.1, 0.15) is 12.4 Å². The lowest BCUT2D eigenvalue weighted by molar-refractivity contribution is 0.263. The van der Waals surface area contributed by atoms with E-state index in [1.165, 1.54) is 38.5 Å². The van der Waals surface area contributed by atoms with Gasteiger partial charge in [-0.2, -0.15) is 0 Å². The molecule has 0 aliphatic heterocycles. The molecule has 2 rings (SSSR count). The largest absolute Gasteiger partial charge is 0.388 e. The summed E-state index contributed by atoms with van der Waals surface area (Å²) in [4.78, 5) is 0. The molecule has 1 heterocycles. The van der Waals surface area contributed by atoms with Crippen LogP contribution in [0.25, 0.3) is 0 Å². The second-order valence-corrected chi connectivity index (χ2v) is 5.38. The molecular weight excluding hydrogens is 226 g/mol. The second kappa shape index (κ2) is 6.88. The summed E-state index contributed by atoms with van der Waals surface area (Å²) >= 11 is 0. The van der Waals surface area contributed by atoms with Crippen LogP contribution in [0, 0.1) is 5.92 Å². The topological polar surface area (TPSA) is 50.9 Å². The van der Waals surface area contributed by atoms with Gasteiger partial charge < -0.3 is 9.67 Å². The predicted molar refractivity (Wildman–Crippen MR) is 71.1 cm³/mol. The molecule has 1 aliphatic carbocycles. The van der Waals surface area contributed by atoms with Gasteiger partial charge in [0, 0.05) is 13.0 Å². The van der Waals surface area contributed by atoms with Gasteiger partial charge >= 0.3 is 0 Å². The highest BCUT2D eigenvalue weighted by Gasteiger charge is 2.16. The Morgan fingerprint density at radius 3 is 2.56 bits per heavy atom. The van der Waals surface area contributed by atoms with E-state index >= 15 is 0 Å². The third-order valence-corrected chi connectivity index (χ3v) is 3.99. The average Bonchev–Trinajstić information content (AvgIpc) is 2.80. The van der Waals surface area contributed by atoms with Crippen molar-refractivity contribution in [3.8, 4) is 0 Å². The van der Waals surface area contributed by atoms with Gasteiger partial charge in [0.05, 0.1) is 0 Å². The molecule has 18 heavy (non-hydrogen) atoms. The lowest BCUT2D eigenvalue weighted by Crippen LogP contribution is -2.11. The van der Waals surface area contributed by atoms with Crippen molar-refractivity contribution < 1.29 is 5.11 Å². The molecule has 1 aromatic heterocycles. The summed E-state index contributed by atoms with van der Waals surface area (Å²) in [7, 11) is 0. The molecule has 0 amide bonds. The van der Waals surface area contributed by atoms with Crippen molar-refractivity contribution in [2.24, 2.45) is 5.92 Å². The summed E-state index contributed by atoms with van der Waals surface area (Å²) in [5.41, 5.74) is 0. The zero-order valence-electron chi connectivity index (χ0n) is 11.4. The maximum Gasteiger partial charge on any atom is 0.158 e. The summed E-state index contributed by atoms with van der Waals surface area (Å²) in [5, 5.41) is 17.6. The second-order valence-electron chi connectivity index (χ2n) is 5.38. The quantitative estimate of drug-likeness (QED) is 0.845. The molecule has 0 saturated heterocycles. The van der Waals surface area contributed by atoms with Crippen LogP contribution in [0.2, 0.25) is 0 Å². The Hall–Kier alpha value is -0.900. The lowest BCUT2D eigenvalue weighted by Gasteiger charge is -2.21. The highest BCUT2D eigenvalue weighted by Crippen LogP contribution is 2.27. The number of hydrogen-bond donors (Lipinski definition) is 1. The molecule has 1 aliphatic rings. The third kappa shape index (κ3) is 3.31. The van der Waals surface area contributed by atoms with Crippen LogP contribution in [0.3, 0.4) is 0 Å². The minimum absolute atomic E-state index is 0.00354. The monoisotopic (exact) mass is 251 g/mol. The molecular formula is C14H25N3O. The van der Waals surface area contributed by atoms with Crippen LogP contribution < -0.4 is 0 Å². The first-order chi connectivity index (χ1) is 8.85. The maximum absolute atomic E-state index is 9.25. The van der Waals surface area contributed by atoms with Crippen molar-refractivity contribution in [3.05, 3.63) is 11.6 Å². The highest BCUT2D eigenvalue weighted by atomic mass is 16.3. The lowest BCUT2D eigenvalue weighted by atomic mass is 9.86. The van der Waals surface area contributed by atoms with E-state index in [1.54, 1.807) is 0 Å². The van der Waals surface area contributed by atoms with Crippen molar-refractivity contribution in [3.63, 3.8) is 0 Å². The first kappa shape index (κ1) is 13.5. The minimum Gasteiger partial charge on any atom is -0.388 e. The van der Waals surface area contributed by atoms with Crippen molar-refractivity contribution in [2.45, 2.75) is 71.4 Å². The first-order valence-corrected chi connectivity index (χ1v) is 7.37. The van der Waals surface area contributed by atoms with E-state index in [4.69, 9.17) is 0 Å². The Kier molecular flexibility index (Phi) is 5.17. The van der Waals surface area contributed by atoms with E-state index in [0.29, 0.717) is 0 Å². The van der Waals surface area contributed by atoms with Gasteiger partial charge in [0.25, 0.3) is 0 Å². The zero-order chi connectivity index (χ0) is 12.8. The van der Waals surface area contributed by atoms with Crippen LogP contribution >= 0.6 is 0 Å². The van der Waals surface area contributed by atoms with Gasteiger partial charge in [0.2, 0.25) is 0 Å². The van der Waals surface area contributed by atoms with Gasteiger partial charge in [-0.3, -0.25) is 0 Å². The fourth-order valence-corrected chi connectivity index (χ4v) is 2.97. The summed E-state index contributed by atoms with van der Waals surface area (Å²) < 4.78 is 2.10. The first-order valence-electron chi connectivity index (χ1n) is 7.37. The Labute approximate surface area is 109 Å². The molecule has 102 valence electrons. The van der Waals surface area contributed by atoms with Gasteiger partial charge in [-0.15, -0.1) is 10.2 Å². The number of aryl methyl sites for hydroxylation is 1. The Morgan fingerprint density at radius 2 is 1.89 bits per heavy atom. The fourth-order valence-electron chi connectivity index (χ4n) is 2.97. The van der Waals surface area contributed by atoms with Crippen LogP contribution in [0.15, 0.2) is 0 Å². The Balaban J connectivity index is 1.93. The van der Waals surface area contributed by atoms with Crippen LogP contribution in [-0.2, 0) is 19.6 Å². The molecule has 1 aromatic rings. The molecule has 4 heteroatoms. The van der Waals surface area contributed by atoms with E-state index in [0.717, 1.165) is 37.0 Å². The normalized spacial score (nSPS) is 17.2. The smallest absolute Gasteiger partial charge is 0.158 e. The van der Waals surface area contributed by atoms with Gasteiger partial charge in [0.15, 0.2) is 5.82 Å². The molecule has 0 atom stereocenters. The molecule has 0 bridgehead atoms. The van der Waals surface area contributed by atoms with Crippen molar-refractivity contribution in [1.82, 2.24) is 14.8 Å². The molecule has 1 N–H and O–H groups in total. The summed E-state index contributed by atoms with van der Waals surface area (Å²) in [6.07, 6.45) is 10.3. The Morgan fingerprint density at radius 1 is 1.17 bits per heavy atom. The van der Waals surface area contributed by atoms with Crippen molar-refractivity contribution in [1.29, 1.82) is 0 Å². The maximum atomic E-state index is 9.25. The summed E-state index contributed by atoms with van der Waals surface area (Å²) in [5.74, 6) is 2.66. The number of nitrogens with zero attached hydrogens (tertiary/aromatic N) is 3. The molecule has 1 saturated carbocycles. The summed E-state index contributed by atoms with van der Waals surface area (Å²) in [6, 6.07) is 0. The van der Waals surface area contributed by atoms with E-state index in [1.807, 2.05) is 0 Å². The van der Waals surface area contributed by atoms with Crippen LogP contribution in [0.4, 0.5) is 0 Å². The number of aliphatic hydroxyl groups excluding tert-OH is 1. The Bertz CT molecular complexity index is 356. The number of rotatable bonds is 6. The van der Waals surface area contributed by atoms with Gasteiger partial charge in [-0.1, -0.05) is 39.0 Å². The van der Waals surface area contributed by atoms with E-state index in [-0.39, 0.29) is 6.61 Å². The van der Waals surface area contributed by atoms with Gasteiger partial charge in [-0.05, 0) is 18.8 Å². The number of aromatic nitrogens is 3. The predicted octanol–water partition coefficient (Wildman–Crippen LogP) is 2.69. The molecule has 4 nitrogen and oxygen atoms in total. The van der Waals surface area contributed by atoms with E-state index < -0.39 is 0 Å². The van der Waals surface area contributed by atoms with Crippen LogP contribution in [0.1, 0.15) is 63.5 Å². The zero-order valence-corrected chi connectivity index (χ0v) is 11.4. The molecule has 0 radical (unpaired) electrons. The van der Waals surface area contributed by atoms with Crippen molar-refractivity contribution in [2.75, 3.05) is 0 Å². The average molecular weight is 251 g/mol. The standard InChI is InChI=1S/C14H25N3O/c1-2-10-17-13(15-16-14(17)11-18)9-8-12-6-4-3-5-7-12/h12,18H,2-11H2,1H3. The van der Waals surface area contributed by atoms with Crippen LogP contribution in [0.5, 0.6) is 0 Å². The SMILES string of the molecule is CCCn1c(CO)nnc1CCC1CCCCC1. The third-order valence-electron chi connectivity index (χ3n) is 3.99. The molecule has 1 fully saturated rings. The molecule has 0 aromatic carbocycles. The number of aliphatic hydroxyl groups is 1. The van der Waals surface area contributed by atoms with E-state index in [9.17, 15) is 5.11 Å². The number of hydrogen-bond acceptors (Lipinski definition) is 3. The molecule has 0 unspecified atom stereocenters. The van der Waals surface area contributed by atoms with Gasteiger partial charge in [-0.25, -0.2) is 0 Å². The van der Waals surface area contributed by atoms with Crippen molar-refractivity contribution >= 4 is 0 Å². The van der Waals surface area contributed by atoms with E-state index in [2.05, 4.69) is 21.7 Å². The fraction of sp³-hybridized carbons (Fsp3) is 0.857. The molecule has 0 spiro atoms.